The summed E-state index contributed by atoms with van der Waals surface area (Å²) >= 11 is 1.08. The molecular weight excluding hydrogens is 226 g/mol. The maximum absolute atomic E-state index is 10.5. The van der Waals surface area contributed by atoms with Gasteiger partial charge in [-0.15, -0.1) is 0 Å². The second-order valence-electron chi connectivity index (χ2n) is 4.28. The fraction of sp³-hybridized carbons (Fsp3) is 0.700. The van der Waals surface area contributed by atoms with Gasteiger partial charge in [-0.3, -0.25) is 10.1 Å². The van der Waals surface area contributed by atoms with Gasteiger partial charge >= 0.3 is 5.00 Å². The fourth-order valence-electron chi connectivity index (χ4n) is 1.28. The monoisotopic (exact) mass is 243 g/mol. The van der Waals surface area contributed by atoms with Gasteiger partial charge in [0.05, 0.1) is 4.92 Å². The molecule has 0 aliphatic heterocycles. The predicted molar refractivity (Wildman–Crippen MR) is 65.9 cm³/mol. The Morgan fingerprint density at radius 1 is 1.50 bits per heavy atom. The Morgan fingerprint density at radius 3 is 2.69 bits per heavy atom. The number of nitro groups is 1. The van der Waals surface area contributed by atoms with Crippen molar-refractivity contribution in [2.24, 2.45) is 5.92 Å². The molecule has 0 spiro atoms. The molecule has 0 bridgehead atoms. The molecule has 0 aliphatic carbocycles. The van der Waals surface area contributed by atoms with E-state index in [1.807, 2.05) is 0 Å². The lowest BCUT2D eigenvalue weighted by Gasteiger charge is -2.13. The second-order valence-corrected chi connectivity index (χ2v) is 5.29. The average molecular weight is 243 g/mol. The number of aromatic nitrogens is 1. The number of hydrogen-bond donors (Lipinski definition) is 1. The number of thiazole rings is 1. The predicted octanol–water partition coefficient (Wildman–Crippen LogP) is 3.29. The van der Waals surface area contributed by atoms with Crippen molar-refractivity contribution in [2.45, 2.75) is 39.7 Å². The lowest BCUT2D eigenvalue weighted by Crippen LogP contribution is -2.15. The molecule has 0 fully saturated rings. The minimum atomic E-state index is -0.415. The lowest BCUT2D eigenvalue weighted by molar-refractivity contribution is -0.380. The van der Waals surface area contributed by atoms with Gasteiger partial charge in [-0.25, -0.2) is 4.98 Å². The zero-order chi connectivity index (χ0) is 12.1. The first kappa shape index (κ1) is 12.9. The molecule has 1 atom stereocenters. The Labute approximate surface area is 99.0 Å². The SMILES string of the molecule is CC(C)CCC(C)Nc1ncc([N+](=O)[O-])s1. The van der Waals surface area contributed by atoms with E-state index in [-0.39, 0.29) is 5.00 Å². The zero-order valence-corrected chi connectivity index (χ0v) is 10.6. The molecule has 0 radical (unpaired) electrons. The molecular formula is C10H17N3O2S. The third-order valence-corrected chi connectivity index (χ3v) is 3.10. The topological polar surface area (TPSA) is 68.1 Å². The standard InChI is InChI=1S/C10H17N3O2S/c1-7(2)4-5-8(3)12-10-11-6-9(16-10)13(14)15/h6-8H,4-5H2,1-3H3,(H,11,12). The van der Waals surface area contributed by atoms with E-state index in [4.69, 9.17) is 0 Å². The van der Waals surface area contributed by atoms with Crippen LogP contribution in [0.5, 0.6) is 0 Å². The van der Waals surface area contributed by atoms with Crippen molar-refractivity contribution in [3.63, 3.8) is 0 Å². The van der Waals surface area contributed by atoms with Gasteiger partial charge in [0.25, 0.3) is 0 Å². The average Bonchev–Trinajstić information content (AvgIpc) is 2.63. The highest BCUT2D eigenvalue weighted by molar-refractivity contribution is 7.18. The maximum Gasteiger partial charge on any atom is 0.345 e. The Hall–Kier alpha value is -1.17. The molecule has 1 unspecified atom stereocenters. The zero-order valence-electron chi connectivity index (χ0n) is 9.77. The molecule has 1 aromatic rings. The van der Waals surface area contributed by atoms with Crippen molar-refractivity contribution in [1.29, 1.82) is 0 Å². The van der Waals surface area contributed by atoms with Gasteiger partial charge in [-0.1, -0.05) is 13.8 Å². The van der Waals surface area contributed by atoms with Crippen LogP contribution in [-0.2, 0) is 0 Å². The number of anilines is 1. The highest BCUT2D eigenvalue weighted by atomic mass is 32.1. The second kappa shape index (κ2) is 5.79. The number of rotatable bonds is 6. The van der Waals surface area contributed by atoms with Crippen LogP contribution < -0.4 is 5.32 Å². The van der Waals surface area contributed by atoms with Crippen LogP contribution >= 0.6 is 11.3 Å². The Kier molecular flexibility index (Phi) is 4.67. The van der Waals surface area contributed by atoms with Gasteiger partial charge in [0.15, 0.2) is 5.13 Å². The Morgan fingerprint density at radius 2 is 2.19 bits per heavy atom. The van der Waals surface area contributed by atoms with Gasteiger partial charge < -0.3 is 5.32 Å². The molecule has 1 aromatic heterocycles. The lowest BCUT2D eigenvalue weighted by atomic mass is 10.0. The van der Waals surface area contributed by atoms with Gasteiger partial charge in [-0.2, -0.15) is 0 Å². The summed E-state index contributed by atoms with van der Waals surface area (Å²) in [5, 5.41) is 14.3. The maximum atomic E-state index is 10.5. The summed E-state index contributed by atoms with van der Waals surface area (Å²) in [4.78, 5) is 14.0. The van der Waals surface area contributed by atoms with Gasteiger partial charge in [-0.05, 0) is 37.0 Å². The van der Waals surface area contributed by atoms with Crippen LogP contribution in [-0.4, -0.2) is 15.9 Å². The summed E-state index contributed by atoms with van der Waals surface area (Å²) < 4.78 is 0. The largest absolute Gasteiger partial charge is 0.359 e. The van der Waals surface area contributed by atoms with Crippen LogP contribution in [0.15, 0.2) is 6.20 Å². The van der Waals surface area contributed by atoms with E-state index >= 15 is 0 Å². The van der Waals surface area contributed by atoms with E-state index in [2.05, 4.69) is 31.1 Å². The Balaban J connectivity index is 2.43. The van der Waals surface area contributed by atoms with E-state index in [0.29, 0.717) is 17.1 Å². The van der Waals surface area contributed by atoms with Crippen LogP contribution in [0.4, 0.5) is 10.1 Å². The first-order chi connectivity index (χ1) is 7.49. The number of nitrogens with one attached hydrogen (secondary N) is 1. The van der Waals surface area contributed by atoms with Crippen LogP contribution in [0.3, 0.4) is 0 Å². The van der Waals surface area contributed by atoms with Crippen molar-refractivity contribution in [1.82, 2.24) is 4.98 Å². The summed E-state index contributed by atoms with van der Waals surface area (Å²) in [5.74, 6) is 0.676. The minimum absolute atomic E-state index is 0.0820. The molecule has 0 amide bonds. The molecule has 16 heavy (non-hydrogen) atoms. The van der Waals surface area contributed by atoms with Crippen LogP contribution in [0.25, 0.3) is 0 Å². The Bertz CT molecular complexity index is 352. The first-order valence-corrected chi connectivity index (χ1v) is 6.17. The summed E-state index contributed by atoms with van der Waals surface area (Å²) in [5.41, 5.74) is 0. The number of hydrogen-bond acceptors (Lipinski definition) is 5. The highest BCUT2D eigenvalue weighted by Crippen LogP contribution is 2.25. The van der Waals surface area contributed by atoms with E-state index in [0.717, 1.165) is 24.2 Å². The quantitative estimate of drug-likeness (QED) is 0.615. The van der Waals surface area contributed by atoms with Crippen molar-refractivity contribution in [3.05, 3.63) is 16.3 Å². The highest BCUT2D eigenvalue weighted by Gasteiger charge is 2.12. The summed E-state index contributed by atoms with van der Waals surface area (Å²) in [7, 11) is 0. The molecule has 0 saturated carbocycles. The van der Waals surface area contributed by atoms with Crippen molar-refractivity contribution < 1.29 is 4.92 Å². The molecule has 0 aliphatic rings. The summed E-state index contributed by atoms with van der Waals surface area (Å²) in [6, 6.07) is 0.299. The molecule has 0 saturated heterocycles. The minimum Gasteiger partial charge on any atom is -0.359 e. The molecule has 5 nitrogen and oxygen atoms in total. The van der Waals surface area contributed by atoms with Gasteiger partial charge in [0, 0.05) is 6.04 Å². The van der Waals surface area contributed by atoms with Crippen LogP contribution in [0.1, 0.15) is 33.6 Å². The van der Waals surface area contributed by atoms with Crippen LogP contribution in [0.2, 0.25) is 0 Å². The molecule has 1 rings (SSSR count). The van der Waals surface area contributed by atoms with E-state index in [9.17, 15) is 10.1 Å². The van der Waals surface area contributed by atoms with Crippen molar-refractivity contribution >= 4 is 21.5 Å². The summed E-state index contributed by atoms with van der Waals surface area (Å²) in [6.45, 7) is 6.43. The van der Waals surface area contributed by atoms with Crippen molar-refractivity contribution in [3.8, 4) is 0 Å². The molecule has 1 N–H and O–H groups in total. The smallest absolute Gasteiger partial charge is 0.345 e. The van der Waals surface area contributed by atoms with Crippen molar-refractivity contribution in [2.75, 3.05) is 5.32 Å². The van der Waals surface area contributed by atoms with Gasteiger partial charge in [0.2, 0.25) is 0 Å². The summed E-state index contributed by atoms with van der Waals surface area (Å²) in [6.07, 6.45) is 3.48. The molecule has 90 valence electrons. The van der Waals surface area contributed by atoms with E-state index in [1.165, 1.54) is 6.20 Å². The molecule has 0 aromatic carbocycles. The van der Waals surface area contributed by atoms with E-state index < -0.39 is 4.92 Å². The third-order valence-electron chi connectivity index (χ3n) is 2.22. The number of nitrogens with zero attached hydrogens (tertiary/aromatic N) is 2. The van der Waals surface area contributed by atoms with E-state index in [1.54, 1.807) is 0 Å². The fourth-order valence-corrected chi connectivity index (χ4v) is 2.03. The molecule has 1 heterocycles. The van der Waals surface area contributed by atoms with Gasteiger partial charge in [0.1, 0.15) is 6.20 Å². The normalized spacial score (nSPS) is 12.8. The molecule has 6 heteroatoms. The van der Waals surface area contributed by atoms with Crippen LogP contribution in [0, 0.1) is 16.0 Å². The first-order valence-electron chi connectivity index (χ1n) is 5.35. The third kappa shape index (κ3) is 4.14.